The maximum Gasteiger partial charge on any atom is 0.204 e. The average molecular weight is 427 g/mol. The van der Waals surface area contributed by atoms with Crippen LogP contribution in [0, 0.1) is 11.8 Å². The molecule has 0 radical (unpaired) electrons. The topological polar surface area (TPSA) is 60.4 Å². The molecule has 0 aliphatic rings. The Morgan fingerprint density at radius 2 is 1.16 bits per heavy atom. The van der Waals surface area contributed by atoms with Crippen molar-refractivity contribution in [1.82, 2.24) is 0 Å². The molecule has 0 fully saturated rings. The summed E-state index contributed by atoms with van der Waals surface area (Å²) in [5.41, 5.74) is 3.63. The summed E-state index contributed by atoms with van der Waals surface area (Å²) in [5.74, 6) is 0.966. The third-order valence-electron chi connectivity index (χ3n) is 5.89. The standard InChI is InChI=1S/C28H26O4/c1-15(2)11-17-6-9-23-20(13-17)26(29)19-7-10-24-25(28(19)32-23)27(30)21-14-18(12-16(3)4)5-8-22(21)31-24/h5-10,13-16H,11-12H2,1-4H3. The zero-order chi connectivity index (χ0) is 22.6. The van der Waals surface area contributed by atoms with Gasteiger partial charge in [0.15, 0.2) is 5.58 Å². The van der Waals surface area contributed by atoms with Crippen LogP contribution in [0.3, 0.4) is 0 Å². The Labute approximate surface area is 185 Å². The Morgan fingerprint density at radius 3 is 1.75 bits per heavy atom. The van der Waals surface area contributed by atoms with Gasteiger partial charge in [0.05, 0.1) is 16.2 Å². The van der Waals surface area contributed by atoms with E-state index < -0.39 is 0 Å². The molecule has 162 valence electrons. The normalized spacial score (nSPS) is 12.2. The Kier molecular flexibility index (Phi) is 4.89. The zero-order valence-electron chi connectivity index (χ0n) is 18.8. The minimum atomic E-state index is -0.170. The summed E-state index contributed by atoms with van der Waals surface area (Å²) in [7, 11) is 0. The first-order chi connectivity index (χ1) is 15.3. The highest BCUT2D eigenvalue weighted by Gasteiger charge is 2.17. The van der Waals surface area contributed by atoms with Crippen LogP contribution in [-0.2, 0) is 12.8 Å². The summed E-state index contributed by atoms with van der Waals surface area (Å²) in [6, 6.07) is 14.9. The smallest absolute Gasteiger partial charge is 0.204 e. The summed E-state index contributed by atoms with van der Waals surface area (Å²) < 4.78 is 12.2. The first-order valence-corrected chi connectivity index (χ1v) is 11.2. The number of rotatable bonds is 4. The van der Waals surface area contributed by atoms with E-state index in [0.717, 1.165) is 24.0 Å². The van der Waals surface area contributed by atoms with Crippen molar-refractivity contribution < 1.29 is 8.83 Å². The predicted octanol–water partition coefficient (Wildman–Crippen LogP) is 6.60. The van der Waals surface area contributed by atoms with Crippen LogP contribution in [0.2, 0.25) is 0 Å². The molecular formula is C28H26O4. The maximum absolute atomic E-state index is 13.5. The lowest BCUT2D eigenvalue weighted by Gasteiger charge is -2.09. The second-order valence-corrected chi connectivity index (χ2v) is 9.53. The van der Waals surface area contributed by atoms with E-state index in [-0.39, 0.29) is 10.9 Å². The second-order valence-electron chi connectivity index (χ2n) is 9.53. The van der Waals surface area contributed by atoms with Gasteiger partial charge in [0.25, 0.3) is 0 Å². The van der Waals surface area contributed by atoms with Crippen LogP contribution in [0.1, 0.15) is 38.8 Å². The van der Waals surface area contributed by atoms with Crippen LogP contribution >= 0.6 is 0 Å². The van der Waals surface area contributed by atoms with E-state index in [1.54, 1.807) is 12.1 Å². The number of benzene rings is 3. The highest BCUT2D eigenvalue weighted by molar-refractivity contribution is 6.07. The fraction of sp³-hybridized carbons (Fsp3) is 0.286. The average Bonchev–Trinajstić information content (AvgIpc) is 2.74. The molecule has 0 aliphatic carbocycles. The van der Waals surface area contributed by atoms with Crippen LogP contribution < -0.4 is 10.9 Å². The minimum absolute atomic E-state index is 0.123. The molecule has 0 aliphatic heterocycles. The van der Waals surface area contributed by atoms with Gasteiger partial charge < -0.3 is 8.83 Å². The van der Waals surface area contributed by atoms with Crippen molar-refractivity contribution in [3.63, 3.8) is 0 Å². The summed E-state index contributed by atoms with van der Waals surface area (Å²) in [6.45, 7) is 8.59. The molecule has 0 unspecified atom stereocenters. The van der Waals surface area contributed by atoms with Gasteiger partial charge in [-0.1, -0.05) is 39.8 Å². The molecule has 0 atom stereocenters. The highest BCUT2D eigenvalue weighted by atomic mass is 16.3. The lowest BCUT2D eigenvalue weighted by atomic mass is 9.99. The molecule has 0 saturated heterocycles. The molecular weight excluding hydrogens is 400 g/mol. The Balaban J connectivity index is 1.83. The van der Waals surface area contributed by atoms with Gasteiger partial charge in [0, 0.05) is 0 Å². The van der Waals surface area contributed by atoms with Crippen LogP contribution in [0.5, 0.6) is 0 Å². The molecule has 0 spiro atoms. The van der Waals surface area contributed by atoms with Crippen molar-refractivity contribution in [2.75, 3.05) is 0 Å². The van der Waals surface area contributed by atoms with E-state index in [2.05, 4.69) is 27.7 Å². The van der Waals surface area contributed by atoms with E-state index in [9.17, 15) is 9.59 Å². The van der Waals surface area contributed by atoms with Crippen molar-refractivity contribution in [2.45, 2.75) is 40.5 Å². The monoisotopic (exact) mass is 426 g/mol. The zero-order valence-corrected chi connectivity index (χ0v) is 18.8. The summed E-state index contributed by atoms with van der Waals surface area (Å²) in [5, 5.41) is 1.77. The molecule has 4 heteroatoms. The van der Waals surface area contributed by atoms with E-state index in [1.165, 1.54) is 0 Å². The molecule has 32 heavy (non-hydrogen) atoms. The lowest BCUT2D eigenvalue weighted by Crippen LogP contribution is -2.08. The van der Waals surface area contributed by atoms with Crippen molar-refractivity contribution in [2.24, 2.45) is 11.8 Å². The molecule has 0 saturated carbocycles. The quantitative estimate of drug-likeness (QED) is 0.240. The highest BCUT2D eigenvalue weighted by Crippen LogP contribution is 2.28. The van der Waals surface area contributed by atoms with Crippen molar-refractivity contribution in [3.05, 3.63) is 80.1 Å². The maximum atomic E-state index is 13.5. The van der Waals surface area contributed by atoms with Crippen molar-refractivity contribution >= 4 is 43.9 Å². The molecule has 0 N–H and O–H groups in total. The molecule has 3 aromatic carbocycles. The van der Waals surface area contributed by atoms with Crippen LogP contribution in [0.15, 0.2) is 67.0 Å². The lowest BCUT2D eigenvalue weighted by molar-refractivity contribution is 0.640. The van der Waals surface area contributed by atoms with Crippen molar-refractivity contribution in [1.29, 1.82) is 0 Å². The summed E-state index contributed by atoms with van der Waals surface area (Å²) in [4.78, 5) is 26.9. The summed E-state index contributed by atoms with van der Waals surface area (Å²) >= 11 is 0. The van der Waals surface area contributed by atoms with E-state index in [4.69, 9.17) is 8.83 Å². The fourth-order valence-electron chi connectivity index (χ4n) is 4.54. The molecule has 0 bridgehead atoms. The number of fused-ring (bicyclic) bond motifs is 5. The van der Waals surface area contributed by atoms with Crippen molar-refractivity contribution in [3.8, 4) is 0 Å². The number of hydrogen-bond donors (Lipinski definition) is 0. The van der Waals surface area contributed by atoms with Gasteiger partial charge in [-0.05, 0) is 72.2 Å². The van der Waals surface area contributed by atoms with E-state index >= 15 is 0 Å². The van der Waals surface area contributed by atoms with Crippen LogP contribution in [0.4, 0.5) is 0 Å². The molecule has 4 nitrogen and oxygen atoms in total. The van der Waals surface area contributed by atoms with E-state index in [1.807, 2.05) is 36.4 Å². The third-order valence-corrected chi connectivity index (χ3v) is 5.89. The van der Waals surface area contributed by atoms with Gasteiger partial charge in [-0.2, -0.15) is 0 Å². The van der Waals surface area contributed by atoms with Crippen LogP contribution in [-0.4, -0.2) is 0 Å². The van der Waals surface area contributed by atoms with Gasteiger partial charge in [-0.25, -0.2) is 0 Å². The van der Waals surface area contributed by atoms with Gasteiger partial charge in [0.1, 0.15) is 22.1 Å². The van der Waals surface area contributed by atoms with E-state index in [0.29, 0.717) is 55.7 Å². The Bertz CT molecular complexity index is 1620. The fourth-order valence-corrected chi connectivity index (χ4v) is 4.54. The predicted molar refractivity (Wildman–Crippen MR) is 131 cm³/mol. The summed E-state index contributed by atoms with van der Waals surface area (Å²) in [6.07, 6.45) is 1.76. The number of hydrogen-bond acceptors (Lipinski definition) is 4. The van der Waals surface area contributed by atoms with Crippen LogP contribution in [0.25, 0.3) is 43.9 Å². The molecule has 5 aromatic rings. The molecule has 5 rings (SSSR count). The van der Waals surface area contributed by atoms with Gasteiger partial charge in [-0.3, -0.25) is 9.59 Å². The van der Waals surface area contributed by atoms with Gasteiger partial charge in [0.2, 0.25) is 10.9 Å². The van der Waals surface area contributed by atoms with Gasteiger partial charge in [-0.15, -0.1) is 0 Å². The third kappa shape index (κ3) is 3.40. The first-order valence-electron chi connectivity index (χ1n) is 11.2. The second kappa shape index (κ2) is 7.63. The van der Waals surface area contributed by atoms with Gasteiger partial charge >= 0.3 is 0 Å². The molecule has 2 heterocycles. The molecule has 0 amide bonds. The Morgan fingerprint density at radius 1 is 0.625 bits per heavy atom. The Hall–Kier alpha value is -3.40. The SMILES string of the molecule is CC(C)Cc1ccc2oc3c(ccc4oc5ccc(CC(C)C)cc5c(=O)c43)c(=O)c2c1. The molecule has 2 aromatic heterocycles. The largest absolute Gasteiger partial charge is 0.456 e. The minimum Gasteiger partial charge on any atom is -0.456 e. The first kappa shape index (κ1) is 20.5.